The third-order valence-corrected chi connectivity index (χ3v) is 7.44. The molecule has 2 bridgehead atoms. The van der Waals surface area contributed by atoms with E-state index in [1.54, 1.807) is 0 Å². The maximum Gasteiger partial charge on any atom is 0.257 e. The fraction of sp³-hybridized carbons (Fsp3) is 0.414. The molecule has 7 heteroatoms. The van der Waals surface area contributed by atoms with Gasteiger partial charge in [-0.15, -0.1) is 0 Å². The molecule has 3 aliphatic rings. The van der Waals surface area contributed by atoms with Gasteiger partial charge in [0.05, 0.1) is 5.69 Å². The van der Waals surface area contributed by atoms with Crippen LogP contribution in [0.1, 0.15) is 30.3 Å². The van der Waals surface area contributed by atoms with Crippen LogP contribution in [-0.2, 0) is 4.79 Å². The molecular formula is C29H35N5O2. The SMILES string of the molecule is Cc1nc(-c2ccc(N(C)C)cc2)cc([C@H]2CN3CC[C@H]2C[C@@H]3CNC(=O)COc2ccccc2)n1. The second-order valence-corrected chi connectivity index (χ2v) is 10.1. The number of hydrogen-bond acceptors (Lipinski definition) is 6. The van der Waals surface area contributed by atoms with Gasteiger partial charge < -0.3 is 15.0 Å². The number of fused-ring (bicyclic) bond motifs is 3. The number of ether oxygens (including phenoxy) is 1. The van der Waals surface area contributed by atoms with E-state index in [-0.39, 0.29) is 12.5 Å². The number of anilines is 1. The molecule has 1 aromatic heterocycles. The minimum atomic E-state index is -0.0746. The van der Waals surface area contributed by atoms with Crippen molar-refractivity contribution in [2.75, 3.05) is 45.2 Å². The number of hydrogen-bond donors (Lipinski definition) is 1. The topological polar surface area (TPSA) is 70.6 Å². The maximum absolute atomic E-state index is 12.3. The number of nitrogens with one attached hydrogen (secondary N) is 1. The summed E-state index contributed by atoms with van der Waals surface area (Å²) in [7, 11) is 4.10. The molecule has 1 amide bonds. The van der Waals surface area contributed by atoms with E-state index < -0.39 is 0 Å². The van der Waals surface area contributed by atoms with Gasteiger partial charge in [0.2, 0.25) is 0 Å². The average Bonchev–Trinajstić information content (AvgIpc) is 2.91. The first-order valence-electron chi connectivity index (χ1n) is 12.8. The first-order chi connectivity index (χ1) is 17.5. The molecule has 4 heterocycles. The number of piperidine rings is 3. The molecule has 0 saturated carbocycles. The lowest BCUT2D eigenvalue weighted by Crippen LogP contribution is -2.56. The Morgan fingerprint density at radius 2 is 1.89 bits per heavy atom. The van der Waals surface area contributed by atoms with Gasteiger partial charge in [0.1, 0.15) is 11.6 Å². The van der Waals surface area contributed by atoms with Gasteiger partial charge in [0.25, 0.3) is 5.91 Å². The monoisotopic (exact) mass is 485 g/mol. The van der Waals surface area contributed by atoms with Gasteiger partial charge in [-0.3, -0.25) is 9.69 Å². The number of amides is 1. The van der Waals surface area contributed by atoms with E-state index in [4.69, 9.17) is 14.7 Å². The van der Waals surface area contributed by atoms with Crippen LogP contribution in [0.4, 0.5) is 5.69 Å². The van der Waals surface area contributed by atoms with Crippen LogP contribution in [-0.4, -0.2) is 67.2 Å². The molecule has 2 aromatic carbocycles. The lowest BCUT2D eigenvalue weighted by atomic mass is 9.74. The number of para-hydroxylation sites is 1. The van der Waals surface area contributed by atoms with Crippen LogP contribution in [0.2, 0.25) is 0 Å². The number of benzene rings is 2. The van der Waals surface area contributed by atoms with Crippen LogP contribution in [0.3, 0.4) is 0 Å². The van der Waals surface area contributed by atoms with Crippen LogP contribution >= 0.6 is 0 Å². The minimum Gasteiger partial charge on any atom is -0.484 e. The molecular weight excluding hydrogens is 450 g/mol. The summed E-state index contributed by atoms with van der Waals surface area (Å²) in [6.45, 7) is 4.73. The van der Waals surface area contributed by atoms with E-state index in [0.717, 1.165) is 42.3 Å². The number of carbonyl (C=O) groups is 1. The van der Waals surface area contributed by atoms with E-state index in [1.807, 2.05) is 51.4 Å². The van der Waals surface area contributed by atoms with Gasteiger partial charge in [0, 0.05) is 56.1 Å². The number of carbonyl (C=O) groups excluding carboxylic acids is 1. The van der Waals surface area contributed by atoms with E-state index in [2.05, 4.69) is 45.4 Å². The summed E-state index contributed by atoms with van der Waals surface area (Å²) in [5.74, 6) is 2.42. The van der Waals surface area contributed by atoms with E-state index in [9.17, 15) is 4.79 Å². The zero-order chi connectivity index (χ0) is 25.1. The molecule has 0 aliphatic carbocycles. The van der Waals surface area contributed by atoms with Crippen LogP contribution in [0, 0.1) is 12.8 Å². The summed E-state index contributed by atoms with van der Waals surface area (Å²) in [4.78, 5) is 26.6. The van der Waals surface area contributed by atoms with Crippen LogP contribution in [0.5, 0.6) is 5.75 Å². The number of nitrogens with zero attached hydrogens (tertiary/aromatic N) is 4. The molecule has 36 heavy (non-hydrogen) atoms. The smallest absolute Gasteiger partial charge is 0.257 e. The second-order valence-electron chi connectivity index (χ2n) is 10.1. The zero-order valence-corrected chi connectivity index (χ0v) is 21.4. The molecule has 3 aromatic rings. The van der Waals surface area contributed by atoms with Gasteiger partial charge >= 0.3 is 0 Å². The summed E-state index contributed by atoms with van der Waals surface area (Å²) in [6, 6.07) is 20.5. The highest BCUT2D eigenvalue weighted by atomic mass is 16.5. The lowest BCUT2D eigenvalue weighted by Gasteiger charge is -2.49. The van der Waals surface area contributed by atoms with Crippen molar-refractivity contribution >= 4 is 11.6 Å². The molecule has 6 rings (SSSR count). The Kier molecular flexibility index (Phi) is 7.18. The summed E-state index contributed by atoms with van der Waals surface area (Å²) < 4.78 is 5.58. The Morgan fingerprint density at radius 3 is 2.58 bits per heavy atom. The average molecular weight is 486 g/mol. The van der Waals surface area contributed by atoms with Crippen molar-refractivity contribution in [3.8, 4) is 17.0 Å². The fourth-order valence-corrected chi connectivity index (χ4v) is 5.49. The first kappa shape index (κ1) is 24.3. The van der Waals surface area contributed by atoms with Crippen molar-refractivity contribution in [2.24, 2.45) is 5.92 Å². The molecule has 1 N–H and O–H groups in total. The van der Waals surface area contributed by atoms with Crippen LogP contribution < -0.4 is 15.0 Å². The Balaban J connectivity index is 1.20. The number of aryl methyl sites for hydroxylation is 1. The molecule has 7 nitrogen and oxygen atoms in total. The van der Waals surface area contributed by atoms with Gasteiger partial charge in [-0.25, -0.2) is 9.97 Å². The Morgan fingerprint density at radius 1 is 1.11 bits per heavy atom. The van der Waals surface area contributed by atoms with Crippen molar-refractivity contribution in [1.29, 1.82) is 0 Å². The highest BCUT2D eigenvalue weighted by Gasteiger charge is 2.41. The van der Waals surface area contributed by atoms with Crippen molar-refractivity contribution in [3.05, 3.63) is 72.2 Å². The minimum absolute atomic E-state index is 0.0430. The Hall–Kier alpha value is -3.45. The third-order valence-electron chi connectivity index (χ3n) is 7.44. The van der Waals surface area contributed by atoms with Crippen molar-refractivity contribution < 1.29 is 9.53 Å². The maximum atomic E-state index is 12.3. The largest absolute Gasteiger partial charge is 0.484 e. The summed E-state index contributed by atoms with van der Waals surface area (Å²) in [5.41, 5.74) is 4.42. The predicted molar refractivity (Wildman–Crippen MR) is 142 cm³/mol. The summed E-state index contributed by atoms with van der Waals surface area (Å²) in [6.07, 6.45) is 2.24. The molecule has 188 valence electrons. The van der Waals surface area contributed by atoms with Gasteiger partial charge in [0.15, 0.2) is 6.61 Å². The normalized spacial score (nSPS) is 22.8. The molecule has 3 saturated heterocycles. The fourth-order valence-electron chi connectivity index (χ4n) is 5.49. The van der Waals surface area contributed by atoms with Crippen LogP contribution in [0.15, 0.2) is 60.7 Å². The van der Waals surface area contributed by atoms with E-state index in [0.29, 0.717) is 30.2 Å². The Bertz CT molecular complexity index is 1180. The van der Waals surface area contributed by atoms with E-state index in [1.165, 1.54) is 12.1 Å². The molecule has 3 fully saturated rings. The lowest BCUT2D eigenvalue weighted by molar-refractivity contribution is -0.123. The molecule has 1 unspecified atom stereocenters. The number of aromatic nitrogens is 2. The molecule has 0 spiro atoms. The highest BCUT2D eigenvalue weighted by molar-refractivity contribution is 5.77. The van der Waals surface area contributed by atoms with Gasteiger partial charge in [-0.2, -0.15) is 0 Å². The standard InChI is InChI=1S/C29H35N5O2/c1-20-31-27(21-9-11-23(12-10-21)33(2)3)16-28(32-20)26-18-34-14-13-22(26)15-24(34)17-30-29(35)19-36-25-7-5-4-6-8-25/h4-12,16,22,24,26H,13-15,17-19H2,1-3H3,(H,30,35)/t22-,24+,26-/m0/s1. The van der Waals surface area contributed by atoms with Crippen LogP contribution in [0.25, 0.3) is 11.3 Å². The quantitative estimate of drug-likeness (QED) is 0.522. The number of rotatable bonds is 8. The van der Waals surface area contributed by atoms with E-state index >= 15 is 0 Å². The third kappa shape index (κ3) is 5.51. The van der Waals surface area contributed by atoms with Crippen molar-refractivity contribution in [1.82, 2.24) is 20.2 Å². The second kappa shape index (κ2) is 10.7. The van der Waals surface area contributed by atoms with Crippen molar-refractivity contribution in [3.63, 3.8) is 0 Å². The predicted octanol–water partition coefficient (Wildman–Crippen LogP) is 3.89. The summed E-state index contributed by atoms with van der Waals surface area (Å²) >= 11 is 0. The molecule has 4 atom stereocenters. The molecule has 0 radical (unpaired) electrons. The summed E-state index contributed by atoms with van der Waals surface area (Å²) in [5, 5.41) is 3.08. The molecule has 3 aliphatic heterocycles. The first-order valence-corrected chi connectivity index (χ1v) is 12.8. The van der Waals surface area contributed by atoms with Gasteiger partial charge in [-0.05, 0) is 62.6 Å². The highest BCUT2D eigenvalue weighted by Crippen LogP contribution is 2.41. The van der Waals surface area contributed by atoms with Crippen molar-refractivity contribution in [2.45, 2.75) is 31.7 Å². The Labute approximate surface area is 213 Å². The van der Waals surface area contributed by atoms with Gasteiger partial charge in [-0.1, -0.05) is 30.3 Å². The zero-order valence-electron chi connectivity index (χ0n) is 21.4.